The van der Waals surface area contributed by atoms with Gasteiger partial charge in [-0.1, -0.05) is 42.5 Å². The Morgan fingerprint density at radius 1 is 1.00 bits per heavy atom. The van der Waals surface area contributed by atoms with Gasteiger partial charge >= 0.3 is 5.97 Å². The molecule has 104 valence electrons. The lowest BCUT2D eigenvalue weighted by Crippen LogP contribution is -2.05. The molecule has 2 aromatic carbocycles. The highest BCUT2D eigenvalue weighted by molar-refractivity contribution is 7.80. The molecule has 1 unspecified atom stereocenters. The second-order valence-corrected chi connectivity index (χ2v) is 5.23. The predicted molar refractivity (Wildman–Crippen MR) is 86.0 cm³/mol. The maximum Gasteiger partial charge on any atom is 0.336 e. The summed E-state index contributed by atoms with van der Waals surface area (Å²) in [5.41, 5.74) is 2.70. The molecule has 3 nitrogen and oxygen atoms in total. The summed E-state index contributed by atoms with van der Waals surface area (Å²) in [6.07, 6.45) is 1.73. The van der Waals surface area contributed by atoms with E-state index in [9.17, 15) is 9.90 Å². The van der Waals surface area contributed by atoms with Crippen LogP contribution in [0.3, 0.4) is 0 Å². The van der Waals surface area contributed by atoms with Crippen molar-refractivity contribution in [3.63, 3.8) is 0 Å². The maximum absolute atomic E-state index is 11.4. The topological polar surface area (TPSA) is 50.2 Å². The molecule has 0 aliphatic carbocycles. The van der Waals surface area contributed by atoms with E-state index in [1.54, 1.807) is 24.4 Å². The first kappa shape index (κ1) is 13.6. The van der Waals surface area contributed by atoms with Crippen LogP contribution in [0, 0.1) is 0 Å². The molecule has 0 radical (unpaired) electrons. The number of rotatable bonds is 3. The molecule has 1 atom stereocenters. The number of carbonyl (C=O) groups is 1. The first-order valence-corrected chi connectivity index (χ1v) is 7.04. The van der Waals surface area contributed by atoms with Gasteiger partial charge in [-0.2, -0.15) is 12.6 Å². The van der Waals surface area contributed by atoms with Crippen molar-refractivity contribution < 1.29 is 9.90 Å². The minimum Gasteiger partial charge on any atom is -0.478 e. The van der Waals surface area contributed by atoms with E-state index < -0.39 is 5.97 Å². The third-order valence-electron chi connectivity index (χ3n) is 3.44. The smallest absolute Gasteiger partial charge is 0.336 e. The van der Waals surface area contributed by atoms with Crippen LogP contribution in [0.5, 0.6) is 0 Å². The Hall–Kier alpha value is -2.33. The van der Waals surface area contributed by atoms with Crippen LogP contribution in [0.2, 0.25) is 0 Å². The maximum atomic E-state index is 11.4. The van der Waals surface area contributed by atoms with Gasteiger partial charge in [0, 0.05) is 11.6 Å². The molecule has 0 aliphatic heterocycles. The van der Waals surface area contributed by atoms with Crippen molar-refractivity contribution in [2.75, 3.05) is 0 Å². The van der Waals surface area contributed by atoms with Gasteiger partial charge < -0.3 is 5.11 Å². The molecule has 4 heteroatoms. The van der Waals surface area contributed by atoms with Crippen LogP contribution in [0.1, 0.15) is 26.7 Å². The van der Waals surface area contributed by atoms with Crippen molar-refractivity contribution >= 4 is 29.5 Å². The van der Waals surface area contributed by atoms with E-state index in [4.69, 9.17) is 0 Å². The molecule has 1 aromatic heterocycles. The molecule has 1 heterocycles. The van der Waals surface area contributed by atoms with Crippen LogP contribution in [-0.4, -0.2) is 16.1 Å². The van der Waals surface area contributed by atoms with Gasteiger partial charge in [-0.05, 0) is 23.3 Å². The Labute approximate surface area is 127 Å². The number of pyridine rings is 1. The van der Waals surface area contributed by atoms with Crippen molar-refractivity contribution in [2.24, 2.45) is 0 Å². The number of aromatic carboxylic acids is 1. The summed E-state index contributed by atoms with van der Waals surface area (Å²) in [5.74, 6) is -0.946. The standard InChI is InChI=1S/C17H13NO2S/c19-17(20)13-8-2-1-7-12(13)16(21)14-9-3-5-11-6-4-10-18-15(11)14/h1-10,16,21H,(H,19,20). The fourth-order valence-electron chi connectivity index (χ4n) is 2.45. The summed E-state index contributed by atoms with van der Waals surface area (Å²) in [7, 11) is 0. The molecule has 0 fully saturated rings. The Balaban J connectivity index is 2.18. The predicted octanol–water partition coefficient (Wildman–Crippen LogP) is 3.95. The number of benzene rings is 2. The molecule has 0 aliphatic rings. The van der Waals surface area contributed by atoms with E-state index in [2.05, 4.69) is 17.6 Å². The van der Waals surface area contributed by atoms with Crippen molar-refractivity contribution in [1.29, 1.82) is 0 Å². The Morgan fingerprint density at radius 2 is 1.71 bits per heavy atom. The molecule has 1 N–H and O–H groups in total. The zero-order valence-electron chi connectivity index (χ0n) is 11.1. The van der Waals surface area contributed by atoms with Crippen LogP contribution in [-0.2, 0) is 0 Å². The molecule has 3 aromatic rings. The number of fused-ring (bicyclic) bond motifs is 1. The van der Waals surface area contributed by atoms with Crippen LogP contribution in [0.4, 0.5) is 0 Å². The molecular weight excluding hydrogens is 282 g/mol. The van der Waals surface area contributed by atoms with Gasteiger partial charge in [-0.3, -0.25) is 4.98 Å². The molecule has 0 spiro atoms. The van der Waals surface area contributed by atoms with E-state index >= 15 is 0 Å². The summed E-state index contributed by atoms with van der Waals surface area (Å²) in [6.45, 7) is 0. The van der Waals surface area contributed by atoms with E-state index in [-0.39, 0.29) is 10.8 Å². The van der Waals surface area contributed by atoms with Gasteiger partial charge in [0.15, 0.2) is 0 Å². The van der Waals surface area contributed by atoms with Gasteiger partial charge in [0.2, 0.25) is 0 Å². The highest BCUT2D eigenvalue weighted by Crippen LogP contribution is 2.34. The molecule has 0 saturated carbocycles. The van der Waals surface area contributed by atoms with Crippen molar-refractivity contribution in [2.45, 2.75) is 5.25 Å². The summed E-state index contributed by atoms with van der Waals surface area (Å²) in [4.78, 5) is 15.8. The summed E-state index contributed by atoms with van der Waals surface area (Å²) < 4.78 is 0. The molecule has 0 bridgehead atoms. The fraction of sp³-hybridized carbons (Fsp3) is 0.0588. The van der Waals surface area contributed by atoms with Crippen LogP contribution >= 0.6 is 12.6 Å². The number of carboxylic acid groups (broad SMARTS) is 1. The first-order chi connectivity index (χ1) is 10.2. The number of carboxylic acids is 1. The number of hydrogen-bond acceptors (Lipinski definition) is 3. The van der Waals surface area contributed by atoms with Crippen LogP contribution in [0.25, 0.3) is 10.9 Å². The monoisotopic (exact) mass is 295 g/mol. The lowest BCUT2D eigenvalue weighted by molar-refractivity contribution is 0.0696. The van der Waals surface area contributed by atoms with Gasteiger partial charge in [0.1, 0.15) is 0 Å². The summed E-state index contributed by atoms with van der Waals surface area (Å²) >= 11 is 4.65. The van der Waals surface area contributed by atoms with Crippen molar-refractivity contribution in [1.82, 2.24) is 4.98 Å². The summed E-state index contributed by atoms with van der Waals surface area (Å²) in [5, 5.41) is 10.0. The van der Waals surface area contributed by atoms with Crippen LogP contribution < -0.4 is 0 Å². The fourth-order valence-corrected chi connectivity index (χ4v) is 2.88. The van der Waals surface area contributed by atoms with E-state index in [1.165, 1.54) is 0 Å². The first-order valence-electron chi connectivity index (χ1n) is 6.52. The van der Waals surface area contributed by atoms with Gasteiger partial charge in [0.05, 0.1) is 16.3 Å². The van der Waals surface area contributed by atoms with Crippen LogP contribution in [0.15, 0.2) is 60.8 Å². The van der Waals surface area contributed by atoms with Crippen molar-refractivity contribution in [3.05, 3.63) is 77.5 Å². The molecule has 3 rings (SSSR count). The zero-order chi connectivity index (χ0) is 14.8. The Bertz CT molecular complexity index is 811. The lowest BCUT2D eigenvalue weighted by Gasteiger charge is -2.15. The van der Waals surface area contributed by atoms with E-state index in [0.29, 0.717) is 5.56 Å². The SMILES string of the molecule is O=C(O)c1ccccc1C(S)c1cccc2cccnc12. The quantitative estimate of drug-likeness (QED) is 0.719. The zero-order valence-corrected chi connectivity index (χ0v) is 12.0. The molecule has 0 saturated heterocycles. The lowest BCUT2D eigenvalue weighted by atomic mass is 9.97. The van der Waals surface area contributed by atoms with Crippen molar-refractivity contribution in [3.8, 4) is 0 Å². The summed E-state index contributed by atoms with van der Waals surface area (Å²) in [6, 6.07) is 16.6. The molecule has 0 amide bonds. The minimum absolute atomic E-state index is 0.269. The number of hydrogen-bond donors (Lipinski definition) is 2. The number of aromatic nitrogens is 1. The minimum atomic E-state index is -0.946. The second-order valence-electron chi connectivity index (χ2n) is 4.72. The third kappa shape index (κ3) is 2.50. The third-order valence-corrected chi connectivity index (χ3v) is 4.00. The largest absolute Gasteiger partial charge is 0.478 e. The number of thiol groups is 1. The molecule has 21 heavy (non-hydrogen) atoms. The molecular formula is C17H13NO2S. The van der Waals surface area contributed by atoms with E-state index in [1.807, 2.05) is 36.4 Å². The van der Waals surface area contributed by atoms with Gasteiger partial charge in [-0.25, -0.2) is 4.79 Å². The highest BCUT2D eigenvalue weighted by atomic mass is 32.1. The van der Waals surface area contributed by atoms with E-state index in [0.717, 1.165) is 16.5 Å². The number of para-hydroxylation sites is 1. The Kier molecular flexibility index (Phi) is 3.62. The normalized spacial score (nSPS) is 12.2. The second kappa shape index (κ2) is 5.58. The Morgan fingerprint density at radius 3 is 2.52 bits per heavy atom. The van der Waals surface area contributed by atoms with Gasteiger partial charge in [-0.15, -0.1) is 0 Å². The highest BCUT2D eigenvalue weighted by Gasteiger charge is 2.19. The average molecular weight is 295 g/mol. The van der Waals surface area contributed by atoms with Gasteiger partial charge in [0.25, 0.3) is 0 Å². The number of nitrogens with zero attached hydrogens (tertiary/aromatic N) is 1. The average Bonchev–Trinajstić information content (AvgIpc) is 2.53.